The average molecular weight is 290 g/mol. The van der Waals surface area contributed by atoms with Crippen molar-refractivity contribution in [2.45, 2.75) is 51.8 Å². The van der Waals surface area contributed by atoms with E-state index in [0.717, 1.165) is 18.4 Å². The third-order valence-electron chi connectivity index (χ3n) is 2.96. The lowest BCUT2D eigenvalue weighted by molar-refractivity contribution is 0.0523. The van der Waals surface area contributed by atoms with Crippen LogP contribution in [0.25, 0.3) is 0 Å². The maximum absolute atomic E-state index is 11.8. The summed E-state index contributed by atoms with van der Waals surface area (Å²) in [6.45, 7) is 5.83. The molecule has 0 aliphatic heterocycles. The zero-order chi connectivity index (χ0) is 15.5. The second-order valence-corrected chi connectivity index (χ2v) is 6.30. The molecule has 0 aromatic heterocycles. The number of nitrogens with one attached hydrogen (secondary N) is 2. The molecule has 0 bridgehead atoms. The fourth-order valence-electron chi connectivity index (χ4n) is 1.76. The first-order valence-corrected chi connectivity index (χ1v) is 7.20. The van der Waals surface area contributed by atoms with Gasteiger partial charge in [-0.3, -0.25) is 4.79 Å². The van der Waals surface area contributed by atoms with Crippen LogP contribution in [0, 0.1) is 0 Å². The maximum Gasteiger partial charge on any atom is 0.407 e. The van der Waals surface area contributed by atoms with E-state index in [2.05, 4.69) is 10.6 Å². The van der Waals surface area contributed by atoms with Crippen LogP contribution >= 0.6 is 0 Å². The summed E-state index contributed by atoms with van der Waals surface area (Å²) in [5.74, 6) is -0.0378. The van der Waals surface area contributed by atoms with Gasteiger partial charge in [-0.25, -0.2) is 4.79 Å². The summed E-state index contributed by atoms with van der Waals surface area (Å²) in [6, 6.07) is 7.55. The Balaban J connectivity index is 1.81. The third kappa shape index (κ3) is 5.45. The molecular formula is C16H22N2O3. The SMILES string of the molecule is CC(C)(C)OC(=O)NCc1ccc(C(=O)NC2CC2)cc1. The zero-order valence-electron chi connectivity index (χ0n) is 12.7. The fraction of sp³-hybridized carbons (Fsp3) is 0.500. The summed E-state index contributed by atoms with van der Waals surface area (Å²) < 4.78 is 5.16. The molecule has 5 heteroatoms. The van der Waals surface area contributed by atoms with Crippen molar-refractivity contribution >= 4 is 12.0 Å². The summed E-state index contributed by atoms with van der Waals surface area (Å²) in [5.41, 5.74) is 1.06. The zero-order valence-corrected chi connectivity index (χ0v) is 12.7. The fourth-order valence-corrected chi connectivity index (χ4v) is 1.76. The van der Waals surface area contributed by atoms with Crippen LogP contribution in [0.15, 0.2) is 24.3 Å². The van der Waals surface area contributed by atoms with Crippen LogP contribution in [-0.2, 0) is 11.3 Å². The lowest BCUT2D eigenvalue weighted by atomic mass is 10.1. The van der Waals surface area contributed by atoms with Crippen molar-refractivity contribution in [1.82, 2.24) is 10.6 Å². The Morgan fingerprint density at radius 1 is 1.19 bits per heavy atom. The highest BCUT2D eigenvalue weighted by molar-refractivity contribution is 5.94. The van der Waals surface area contributed by atoms with Crippen LogP contribution in [0.4, 0.5) is 4.79 Å². The van der Waals surface area contributed by atoms with E-state index >= 15 is 0 Å². The summed E-state index contributed by atoms with van der Waals surface area (Å²) in [5, 5.41) is 5.62. The Hall–Kier alpha value is -2.04. The van der Waals surface area contributed by atoms with Crippen LogP contribution in [0.3, 0.4) is 0 Å². The molecule has 0 radical (unpaired) electrons. The van der Waals surface area contributed by atoms with Crippen molar-refractivity contribution < 1.29 is 14.3 Å². The van der Waals surface area contributed by atoms with Gasteiger partial charge in [0.05, 0.1) is 0 Å². The molecular weight excluding hydrogens is 268 g/mol. The van der Waals surface area contributed by atoms with Crippen LogP contribution in [-0.4, -0.2) is 23.6 Å². The predicted molar refractivity (Wildman–Crippen MR) is 80.0 cm³/mol. The van der Waals surface area contributed by atoms with E-state index in [1.54, 1.807) is 12.1 Å². The van der Waals surface area contributed by atoms with Crippen LogP contribution in [0.2, 0.25) is 0 Å². The molecule has 1 aromatic carbocycles. The minimum Gasteiger partial charge on any atom is -0.444 e. The number of carbonyl (C=O) groups is 2. The molecule has 2 N–H and O–H groups in total. The van der Waals surface area contributed by atoms with E-state index in [9.17, 15) is 9.59 Å². The smallest absolute Gasteiger partial charge is 0.407 e. The van der Waals surface area contributed by atoms with E-state index in [0.29, 0.717) is 18.2 Å². The molecule has 1 aliphatic carbocycles. The molecule has 21 heavy (non-hydrogen) atoms. The normalized spacial score (nSPS) is 14.4. The highest BCUT2D eigenvalue weighted by Crippen LogP contribution is 2.19. The Bertz CT molecular complexity index is 513. The quantitative estimate of drug-likeness (QED) is 0.895. The van der Waals surface area contributed by atoms with Gasteiger partial charge in [0.15, 0.2) is 0 Å². The molecule has 0 heterocycles. The molecule has 1 saturated carbocycles. The van der Waals surface area contributed by atoms with Gasteiger partial charge < -0.3 is 15.4 Å². The van der Waals surface area contributed by atoms with Gasteiger partial charge in [-0.2, -0.15) is 0 Å². The van der Waals surface area contributed by atoms with Gasteiger partial charge in [-0.1, -0.05) is 12.1 Å². The molecule has 0 spiro atoms. The number of carbonyl (C=O) groups excluding carboxylic acids is 2. The summed E-state index contributed by atoms with van der Waals surface area (Å²) in [7, 11) is 0. The molecule has 1 aliphatic rings. The minimum absolute atomic E-state index is 0.0378. The van der Waals surface area contributed by atoms with Gasteiger partial charge >= 0.3 is 6.09 Å². The first-order valence-electron chi connectivity index (χ1n) is 7.20. The Morgan fingerprint density at radius 2 is 1.81 bits per heavy atom. The van der Waals surface area contributed by atoms with Crippen molar-refractivity contribution in [2.24, 2.45) is 0 Å². The molecule has 114 valence electrons. The second-order valence-electron chi connectivity index (χ2n) is 6.30. The van der Waals surface area contributed by atoms with Crippen LogP contribution in [0.1, 0.15) is 49.5 Å². The minimum atomic E-state index is -0.505. The second kappa shape index (κ2) is 6.16. The van der Waals surface area contributed by atoms with E-state index in [4.69, 9.17) is 4.74 Å². The van der Waals surface area contributed by atoms with E-state index in [-0.39, 0.29) is 5.91 Å². The van der Waals surface area contributed by atoms with E-state index in [1.165, 1.54) is 0 Å². The predicted octanol–water partition coefficient (Wildman–Crippen LogP) is 2.60. The lowest BCUT2D eigenvalue weighted by Gasteiger charge is -2.19. The largest absolute Gasteiger partial charge is 0.444 e. The van der Waals surface area contributed by atoms with Gasteiger partial charge in [0, 0.05) is 18.2 Å². The van der Waals surface area contributed by atoms with Crippen molar-refractivity contribution in [3.63, 3.8) is 0 Å². The number of rotatable bonds is 4. The number of ether oxygens (including phenoxy) is 1. The number of hydrogen-bond donors (Lipinski definition) is 2. The van der Waals surface area contributed by atoms with Crippen LogP contribution in [0.5, 0.6) is 0 Å². The number of benzene rings is 1. The monoisotopic (exact) mass is 290 g/mol. The molecule has 0 unspecified atom stereocenters. The van der Waals surface area contributed by atoms with Crippen molar-refractivity contribution in [2.75, 3.05) is 0 Å². The van der Waals surface area contributed by atoms with Gasteiger partial charge in [0.1, 0.15) is 5.60 Å². The van der Waals surface area contributed by atoms with Crippen molar-refractivity contribution in [3.8, 4) is 0 Å². The van der Waals surface area contributed by atoms with Gasteiger partial charge in [0.2, 0.25) is 0 Å². The van der Waals surface area contributed by atoms with Gasteiger partial charge in [0.25, 0.3) is 5.91 Å². The average Bonchev–Trinajstić information content (AvgIpc) is 3.19. The first kappa shape index (κ1) is 15.4. The Morgan fingerprint density at radius 3 is 2.33 bits per heavy atom. The van der Waals surface area contributed by atoms with E-state index < -0.39 is 11.7 Å². The molecule has 1 aromatic rings. The molecule has 0 atom stereocenters. The maximum atomic E-state index is 11.8. The lowest BCUT2D eigenvalue weighted by Crippen LogP contribution is -2.32. The van der Waals surface area contributed by atoms with Crippen LogP contribution < -0.4 is 10.6 Å². The van der Waals surface area contributed by atoms with E-state index in [1.807, 2.05) is 32.9 Å². The molecule has 5 nitrogen and oxygen atoms in total. The summed E-state index contributed by atoms with van der Waals surface area (Å²) in [6.07, 6.45) is 1.70. The van der Waals surface area contributed by atoms with Gasteiger partial charge in [-0.05, 0) is 51.3 Å². The highest BCUT2D eigenvalue weighted by Gasteiger charge is 2.23. The molecule has 2 rings (SSSR count). The van der Waals surface area contributed by atoms with Crippen molar-refractivity contribution in [3.05, 3.63) is 35.4 Å². The molecule has 0 saturated heterocycles. The van der Waals surface area contributed by atoms with Gasteiger partial charge in [-0.15, -0.1) is 0 Å². The first-order chi connectivity index (χ1) is 9.83. The Kier molecular flexibility index (Phi) is 4.50. The molecule has 2 amide bonds. The number of hydrogen-bond acceptors (Lipinski definition) is 3. The number of amides is 2. The summed E-state index contributed by atoms with van der Waals surface area (Å²) in [4.78, 5) is 23.4. The Labute approximate surface area is 125 Å². The third-order valence-corrected chi connectivity index (χ3v) is 2.96. The number of alkyl carbamates (subject to hydrolysis) is 1. The highest BCUT2D eigenvalue weighted by atomic mass is 16.6. The summed E-state index contributed by atoms with van der Waals surface area (Å²) >= 11 is 0. The van der Waals surface area contributed by atoms with Crippen molar-refractivity contribution in [1.29, 1.82) is 0 Å². The topological polar surface area (TPSA) is 67.4 Å². The standard InChI is InChI=1S/C16H22N2O3/c1-16(2,3)21-15(20)17-10-11-4-6-12(7-5-11)14(19)18-13-8-9-13/h4-7,13H,8-10H2,1-3H3,(H,17,20)(H,18,19). The molecule has 1 fully saturated rings.